The van der Waals surface area contributed by atoms with Crippen LogP contribution in [-0.2, 0) is 12.8 Å². The zero-order valence-electron chi connectivity index (χ0n) is 25.3. The highest BCUT2D eigenvalue weighted by Gasteiger charge is 2.38. The van der Waals surface area contributed by atoms with Crippen molar-refractivity contribution in [3.05, 3.63) is 139 Å². The first-order valence-electron chi connectivity index (χ1n) is 15.7. The number of carbonyl (C=O) groups excluding carboxylic acids is 4. The maximum Gasteiger partial charge on any atom is 0.261 e. The Morgan fingerprint density at radius 3 is 1.19 bits per heavy atom. The number of nitrogens with zero attached hydrogens (tertiary/aromatic N) is 2. The molecule has 9 rings (SSSR count). The molecule has 0 saturated carbocycles. The smallest absolute Gasteiger partial charge is 0.261 e. The van der Waals surface area contributed by atoms with Crippen LogP contribution in [0.15, 0.2) is 106 Å². The number of benzene rings is 7. The summed E-state index contributed by atoms with van der Waals surface area (Å²) in [5.74, 6) is -1.28. The van der Waals surface area contributed by atoms with Gasteiger partial charge in [-0.05, 0) is 59.0 Å². The summed E-state index contributed by atoms with van der Waals surface area (Å²) in [6.07, 6.45) is 1.12. The van der Waals surface area contributed by atoms with Crippen molar-refractivity contribution in [1.82, 2.24) is 9.80 Å². The molecule has 48 heavy (non-hydrogen) atoms. The molecule has 0 spiro atoms. The van der Waals surface area contributed by atoms with Crippen molar-refractivity contribution in [3.8, 4) is 0 Å². The van der Waals surface area contributed by atoms with E-state index in [1.165, 1.54) is 9.80 Å². The Labute approximate surface area is 291 Å². The normalized spacial score (nSPS) is 14.5. The van der Waals surface area contributed by atoms with Crippen LogP contribution >= 0.6 is 31.9 Å². The van der Waals surface area contributed by atoms with E-state index in [0.29, 0.717) is 54.8 Å². The van der Waals surface area contributed by atoms with E-state index in [-0.39, 0.29) is 36.7 Å². The van der Waals surface area contributed by atoms with E-state index in [0.717, 1.165) is 43.4 Å². The first kappa shape index (κ1) is 29.2. The molecule has 0 fully saturated rings. The van der Waals surface area contributed by atoms with Gasteiger partial charge in [-0.15, -0.1) is 0 Å². The van der Waals surface area contributed by atoms with Crippen molar-refractivity contribution in [2.75, 3.05) is 13.1 Å². The zero-order chi connectivity index (χ0) is 32.8. The van der Waals surface area contributed by atoms with Gasteiger partial charge in [0.15, 0.2) is 0 Å². The van der Waals surface area contributed by atoms with Crippen LogP contribution in [0.2, 0.25) is 0 Å². The number of carbonyl (C=O) groups is 4. The Hall–Kier alpha value is -4.92. The molecule has 4 amide bonds. The van der Waals surface area contributed by atoms with Crippen molar-refractivity contribution in [1.29, 1.82) is 0 Å². The minimum Gasteiger partial charge on any atom is -0.274 e. The van der Waals surface area contributed by atoms with Crippen LogP contribution in [0, 0.1) is 0 Å². The molecule has 0 unspecified atom stereocenters. The Balaban J connectivity index is 1.23. The molecule has 7 aromatic rings. The fraction of sp³-hybridized carbons (Fsp3) is 0.100. The highest BCUT2D eigenvalue weighted by Crippen LogP contribution is 2.50. The summed E-state index contributed by atoms with van der Waals surface area (Å²) >= 11 is 7.59. The highest BCUT2D eigenvalue weighted by atomic mass is 79.9. The summed E-state index contributed by atoms with van der Waals surface area (Å²) in [5, 5.41) is 6.18. The van der Waals surface area contributed by atoms with E-state index < -0.39 is 0 Å². The summed E-state index contributed by atoms with van der Waals surface area (Å²) in [5.41, 5.74) is 4.00. The van der Waals surface area contributed by atoms with Gasteiger partial charge in [-0.1, -0.05) is 105 Å². The minimum atomic E-state index is -0.324. The number of fused-ring (bicyclic) bond motifs is 2. The summed E-state index contributed by atoms with van der Waals surface area (Å²) in [6.45, 7) is 0.542. The SMILES string of the molecule is O=C1c2ccc3c4c(Br)cc5c6c(ccc(c7c(Br)cc(c2c37)C(=O)N1CCc1ccccc1)c64)C(=O)N(CCc1ccccc1)C5=O. The van der Waals surface area contributed by atoms with E-state index in [1.54, 1.807) is 12.1 Å². The maximum atomic E-state index is 14.0. The van der Waals surface area contributed by atoms with Gasteiger partial charge in [0.25, 0.3) is 23.6 Å². The Bertz CT molecular complexity index is 2390. The molecule has 0 atom stereocenters. The van der Waals surface area contributed by atoms with E-state index in [1.807, 2.05) is 84.9 Å². The summed E-state index contributed by atoms with van der Waals surface area (Å²) < 4.78 is 1.41. The van der Waals surface area contributed by atoms with Gasteiger partial charge in [-0.3, -0.25) is 29.0 Å². The van der Waals surface area contributed by atoms with Gasteiger partial charge in [0.05, 0.1) is 0 Å². The van der Waals surface area contributed by atoms with Crippen molar-refractivity contribution >= 4 is 98.6 Å². The lowest BCUT2D eigenvalue weighted by Gasteiger charge is -2.31. The second-order valence-electron chi connectivity index (χ2n) is 12.4. The van der Waals surface area contributed by atoms with Crippen LogP contribution in [-0.4, -0.2) is 46.5 Å². The van der Waals surface area contributed by atoms with Gasteiger partial charge in [0.1, 0.15) is 0 Å². The standard InChI is InChI=1S/C40H24Br2N2O4/c41-29-19-27-31-25(37(45)43(39(27)47)17-15-21-7-3-1-4-8-21)13-11-23-34-30(42)20-28-32-26(14-12-24(36(32)34)33(29)35(23)31)38(46)44(40(28)48)18-16-22-9-5-2-6-10-22/h1-14,19-20H,15-18H2. The predicted octanol–water partition coefficient (Wildman–Crippen LogP) is 8.94. The largest absolute Gasteiger partial charge is 0.274 e. The van der Waals surface area contributed by atoms with Crippen LogP contribution in [0.3, 0.4) is 0 Å². The zero-order valence-corrected chi connectivity index (χ0v) is 28.5. The third-order valence-corrected chi connectivity index (χ3v) is 11.1. The van der Waals surface area contributed by atoms with Gasteiger partial charge in [0, 0.05) is 76.6 Å². The average Bonchev–Trinajstić information content (AvgIpc) is 3.10. The lowest BCUT2D eigenvalue weighted by Crippen LogP contribution is -2.41. The minimum absolute atomic E-state index is 0.271. The average molecular weight is 756 g/mol. The van der Waals surface area contributed by atoms with E-state index >= 15 is 0 Å². The number of rotatable bonds is 6. The molecule has 0 radical (unpaired) electrons. The molecule has 0 aliphatic carbocycles. The van der Waals surface area contributed by atoms with E-state index in [9.17, 15) is 19.2 Å². The number of hydrogen-bond donors (Lipinski definition) is 0. The molecule has 2 aliphatic rings. The van der Waals surface area contributed by atoms with Crippen LogP contribution < -0.4 is 0 Å². The number of amides is 4. The summed E-state index contributed by atoms with van der Waals surface area (Å²) in [7, 11) is 0. The molecule has 7 aromatic carbocycles. The van der Waals surface area contributed by atoms with Gasteiger partial charge in [0.2, 0.25) is 0 Å². The highest BCUT2D eigenvalue weighted by molar-refractivity contribution is 9.11. The molecule has 2 aliphatic heterocycles. The van der Waals surface area contributed by atoms with Crippen molar-refractivity contribution in [2.45, 2.75) is 12.8 Å². The molecule has 8 heteroatoms. The molecular formula is C40H24Br2N2O4. The molecule has 0 saturated heterocycles. The molecular weight excluding hydrogens is 732 g/mol. The van der Waals surface area contributed by atoms with Crippen LogP contribution in [0.25, 0.3) is 43.1 Å². The fourth-order valence-electron chi connectivity index (χ4n) is 7.65. The summed E-state index contributed by atoms with van der Waals surface area (Å²) in [6, 6.07) is 30.7. The lowest BCUT2D eigenvalue weighted by atomic mass is 9.82. The Kier molecular flexibility index (Phi) is 6.58. The van der Waals surface area contributed by atoms with Gasteiger partial charge in [-0.2, -0.15) is 0 Å². The molecule has 6 nitrogen and oxygen atoms in total. The first-order chi connectivity index (χ1) is 23.3. The van der Waals surface area contributed by atoms with Crippen molar-refractivity contribution in [3.63, 3.8) is 0 Å². The third-order valence-electron chi connectivity index (χ3n) is 9.84. The Morgan fingerprint density at radius 1 is 0.417 bits per heavy atom. The number of imide groups is 2. The maximum absolute atomic E-state index is 14.0. The van der Waals surface area contributed by atoms with Crippen LogP contribution in [0.4, 0.5) is 0 Å². The molecule has 0 aromatic heterocycles. The van der Waals surface area contributed by atoms with Gasteiger partial charge >= 0.3 is 0 Å². The van der Waals surface area contributed by atoms with Crippen molar-refractivity contribution < 1.29 is 19.2 Å². The number of halogens is 2. The topological polar surface area (TPSA) is 74.8 Å². The first-order valence-corrected chi connectivity index (χ1v) is 17.3. The quantitative estimate of drug-likeness (QED) is 0.0966. The van der Waals surface area contributed by atoms with Crippen molar-refractivity contribution in [2.24, 2.45) is 0 Å². The fourth-order valence-corrected chi connectivity index (χ4v) is 8.93. The second kappa shape index (κ2) is 10.8. The lowest BCUT2D eigenvalue weighted by molar-refractivity contribution is 0.0597. The van der Waals surface area contributed by atoms with Crippen LogP contribution in [0.1, 0.15) is 52.6 Å². The third kappa shape index (κ3) is 4.09. The molecule has 0 N–H and O–H groups in total. The van der Waals surface area contributed by atoms with Gasteiger partial charge in [-0.25, -0.2) is 0 Å². The molecule has 0 bridgehead atoms. The summed E-state index contributed by atoms with van der Waals surface area (Å²) in [4.78, 5) is 58.6. The van der Waals surface area contributed by atoms with E-state index in [4.69, 9.17) is 0 Å². The molecule has 2 heterocycles. The Morgan fingerprint density at radius 2 is 0.792 bits per heavy atom. The monoisotopic (exact) mass is 754 g/mol. The predicted molar refractivity (Wildman–Crippen MR) is 194 cm³/mol. The van der Waals surface area contributed by atoms with Gasteiger partial charge < -0.3 is 0 Å². The van der Waals surface area contributed by atoms with E-state index in [2.05, 4.69) is 31.9 Å². The number of hydrogen-bond acceptors (Lipinski definition) is 4. The van der Waals surface area contributed by atoms with Crippen LogP contribution in [0.5, 0.6) is 0 Å². The molecule has 232 valence electrons. The second-order valence-corrected chi connectivity index (χ2v) is 14.1.